The highest BCUT2D eigenvalue weighted by Crippen LogP contribution is 2.69. The molecule has 21 heavy (non-hydrogen) atoms. The molecule has 0 N–H and O–H groups in total. The van der Waals surface area contributed by atoms with Gasteiger partial charge in [-0.1, -0.05) is 52.9 Å². The van der Waals surface area contributed by atoms with Gasteiger partial charge in [-0.2, -0.15) is 8.42 Å². The summed E-state index contributed by atoms with van der Waals surface area (Å²) in [7, 11) is -3.66. The van der Waals surface area contributed by atoms with Gasteiger partial charge in [-0.3, -0.25) is 4.18 Å². The number of hydrogen-bond acceptors (Lipinski definition) is 3. The van der Waals surface area contributed by atoms with Gasteiger partial charge < -0.3 is 0 Å². The first-order chi connectivity index (χ1) is 9.87. The second kappa shape index (κ2) is 5.36. The van der Waals surface area contributed by atoms with E-state index in [0.29, 0.717) is 0 Å². The first-order valence-corrected chi connectivity index (χ1v) is 9.72. The first kappa shape index (κ1) is 15.5. The monoisotopic (exact) mass is 372 g/mol. The maximum absolute atomic E-state index is 12.2. The summed E-state index contributed by atoms with van der Waals surface area (Å²) in [5.41, 5.74) is 1.31. The van der Waals surface area contributed by atoms with Gasteiger partial charge in [-0.15, -0.1) is 0 Å². The fourth-order valence-electron chi connectivity index (χ4n) is 3.49. The van der Waals surface area contributed by atoms with E-state index in [1.165, 1.54) is 32.1 Å². The molecule has 0 radical (unpaired) electrons. The summed E-state index contributed by atoms with van der Waals surface area (Å²) in [6.45, 7) is 2.17. The van der Waals surface area contributed by atoms with E-state index >= 15 is 0 Å². The Morgan fingerprint density at radius 1 is 1.14 bits per heavy atom. The van der Waals surface area contributed by atoms with Crippen molar-refractivity contribution < 1.29 is 12.6 Å². The van der Waals surface area contributed by atoms with Crippen LogP contribution in [0.15, 0.2) is 29.2 Å². The molecule has 0 aromatic heterocycles. The Hall–Kier alpha value is -0.390. The van der Waals surface area contributed by atoms with Crippen LogP contribution in [0.5, 0.6) is 0 Å². The Bertz CT molecular complexity index is 617. The largest absolute Gasteiger partial charge is 0.297 e. The average molecular weight is 373 g/mol. The normalized spacial score (nSPS) is 27.7. The topological polar surface area (TPSA) is 43.4 Å². The van der Waals surface area contributed by atoms with Gasteiger partial charge in [0.15, 0.2) is 0 Å². The standard InChI is InChI=1S/C16H21BrO3S/c1-13-5-7-14(8-6-13)21(18,19)20-12-16(17)11-15(16)9-3-2-4-10-15/h5-8H,2-4,9-12H2,1H3. The number of rotatable bonds is 4. The summed E-state index contributed by atoms with van der Waals surface area (Å²) in [5, 5.41) is 0. The number of alkyl halides is 1. The zero-order chi connectivity index (χ0) is 15.1. The van der Waals surface area contributed by atoms with Gasteiger partial charge in [0.1, 0.15) is 0 Å². The molecule has 0 amide bonds. The van der Waals surface area contributed by atoms with E-state index in [4.69, 9.17) is 4.18 Å². The second-order valence-corrected chi connectivity index (χ2v) is 9.65. The Balaban J connectivity index is 1.66. The van der Waals surface area contributed by atoms with Crippen LogP contribution in [-0.4, -0.2) is 19.3 Å². The predicted octanol–water partition coefficient (Wildman–Crippen LogP) is 4.19. The van der Waals surface area contributed by atoms with Crippen molar-refractivity contribution in [3.05, 3.63) is 29.8 Å². The molecule has 5 heteroatoms. The average Bonchev–Trinajstić information content (AvgIpc) is 3.02. The lowest BCUT2D eigenvalue weighted by atomic mass is 9.84. The van der Waals surface area contributed by atoms with Crippen LogP contribution in [0, 0.1) is 12.3 Å². The highest BCUT2D eigenvalue weighted by molar-refractivity contribution is 9.10. The van der Waals surface area contributed by atoms with Crippen LogP contribution in [0.4, 0.5) is 0 Å². The smallest absolute Gasteiger partial charge is 0.265 e. The zero-order valence-electron chi connectivity index (χ0n) is 12.3. The van der Waals surface area contributed by atoms with Crippen molar-refractivity contribution in [3.63, 3.8) is 0 Å². The van der Waals surface area contributed by atoms with E-state index in [2.05, 4.69) is 15.9 Å². The van der Waals surface area contributed by atoms with Crippen molar-refractivity contribution in [3.8, 4) is 0 Å². The first-order valence-electron chi connectivity index (χ1n) is 7.52. The minimum Gasteiger partial charge on any atom is -0.265 e. The summed E-state index contributed by atoms with van der Waals surface area (Å²) in [5.74, 6) is 0. The summed E-state index contributed by atoms with van der Waals surface area (Å²) in [6, 6.07) is 6.80. The second-order valence-electron chi connectivity index (χ2n) is 6.51. The molecule has 2 saturated carbocycles. The van der Waals surface area contributed by atoms with E-state index in [1.807, 2.05) is 6.92 Å². The molecule has 1 spiro atoms. The van der Waals surface area contributed by atoms with Crippen molar-refractivity contribution in [1.29, 1.82) is 0 Å². The molecule has 0 saturated heterocycles. The number of benzene rings is 1. The lowest BCUT2D eigenvalue weighted by molar-refractivity contribution is 0.258. The van der Waals surface area contributed by atoms with Gasteiger partial charge >= 0.3 is 0 Å². The van der Waals surface area contributed by atoms with Crippen LogP contribution in [0.3, 0.4) is 0 Å². The van der Waals surface area contributed by atoms with Gasteiger partial charge in [0.25, 0.3) is 10.1 Å². The van der Waals surface area contributed by atoms with Crippen molar-refractivity contribution >= 4 is 26.0 Å². The number of hydrogen-bond donors (Lipinski definition) is 0. The SMILES string of the molecule is Cc1ccc(S(=O)(=O)OCC2(Br)CC23CCCCC3)cc1. The van der Waals surface area contributed by atoms with Crippen molar-refractivity contribution in [1.82, 2.24) is 0 Å². The summed E-state index contributed by atoms with van der Waals surface area (Å²) in [4.78, 5) is 0.238. The molecule has 1 aromatic carbocycles. The highest BCUT2D eigenvalue weighted by Gasteiger charge is 2.65. The van der Waals surface area contributed by atoms with Gasteiger partial charge in [-0.05, 0) is 43.7 Å². The van der Waals surface area contributed by atoms with Crippen LogP contribution in [0.2, 0.25) is 0 Å². The van der Waals surface area contributed by atoms with E-state index in [0.717, 1.165) is 12.0 Å². The van der Waals surface area contributed by atoms with Crippen LogP contribution in [0.25, 0.3) is 0 Å². The molecule has 2 aliphatic carbocycles. The number of halogens is 1. The Kier molecular flexibility index (Phi) is 3.95. The van der Waals surface area contributed by atoms with E-state index in [1.54, 1.807) is 24.3 Å². The quantitative estimate of drug-likeness (QED) is 0.587. The van der Waals surface area contributed by atoms with Gasteiger partial charge in [0.2, 0.25) is 0 Å². The zero-order valence-corrected chi connectivity index (χ0v) is 14.7. The molecule has 1 unspecified atom stereocenters. The van der Waals surface area contributed by atoms with Crippen molar-refractivity contribution in [2.24, 2.45) is 5.41 Å². The molecule has 3 rings (SSSR count). The van der Waals surface area contributed by atoms with Crippen molar-refractivity contribution in [2.75, 3.05) is 6.61 Å². The Morgan fingerprint density at radius 2 is 1.76 bits per heavy atom. The maximum Gasteiger partial charge on any atom is 0.297 e. The molecule has 2 aliphatic rings. The molecule has 0 heterocycles. The van der Waals surface area contributed by atoms with Gasteiger partial charge in [0.05, 0.1) is 15.8 Å². The van der Waals surface area contributed by atoms with Crippen LogP contribution >= 0.6 is 15.9 Å². The van der Waals surface area contributed by atoms with Gasteiger partial charge in [0, 0.05) is 0 Å². The summed E-state index contributed by atoms with van der Waals surface area (Å²) < 4.78 is 29.7. The third kappa shape index (κ3) is 2.92. The third-order valence-electron chi connectivity index (χ3n) is 5.01. The van der Waals surface area contributed by atoms with Crippen LogP contribution in [-0.2, 0) is 14.3 Å². The third-order valence-corrected chi connectivity index (χ3v) is 7.64. The molecular weight excluding hydrogens is 352 g/mol. The molecule has 0 aliphatic heterocycles. The van der Waals surface area contributed by atoms with Crippen LogP contribution < -0.4 is 0 Å². The Labute approximate surface area is 135 Å². The lowest BCUT2D eigenvalue weighted by Gasteiger charge is -2.25. The number of aryl methyl sites for hydroxylation is 1. The molecule has 1 aromatic rings. The van der Waals surface area contributed by atoms with E-state index in [9.17, 15) is 8.42 Å². The molecule has 2 fully saturated rings. The molecular formula is C16H21BrO3S. The predicted molar refractivity (Wildman–Crippen MR) is 86.1 cm³/mol. The maximum atomic E-state index is 12.2. The summed E-state index contributed by atoms with van der Waals surface area (Å²) in [6.07, 6.45) is 7.20. The van der Waals surface area contributed by atoms with Crippen LogP contribution in [0.1, 0.15) is 44.1 Å². The molecule has 116 valence electrons. The summed E-state index contributed by atoms with van der Waals surface area (Å²) >= 11 is 3.76. The molecule has 3 nitrogen and oxygen atoms in total. The highest BCUT2D eigenvalue weighted by atomic mass is 79.9. The lowest BCUT2D eigenvalue weighted by Crippen LogP contribution is -2.24. The van der Waals surface area contributed by atoms with Crippen molar-refractivity contribution in [2.45, 2.75) is 54.7 Å². The van der Waals surface area contributed by atoms with E-state index < -0.39 is 10.1 Å². The minimum atomic E-state index is -3.66. The molecule has 1 atom stereocenters. The fourth-order valence-corrected chi connectivity index (χ4v) is 5.65. The Morgan fingerprint density at radius 3 is 2.38 bits per heavy atom. The minimum absolute atomic E-state index is 0.141. The van der Waals surface area contributed by atoms with E-state index in [-0.39, 0.29) is 21.2 Å². The van der Waals surface area contributed by atoms with Gasteiger partial charge in [-0.25, -0.2) is 0 Å². The fraction of sp³-hybridized carbons (Fsp3) is 0.625. The molecule has 0 bridgehead atoms.